The van der Waals surface area contributed by atoms with Crippen LogP contribution in [0.25, 0.3) is 0 Å². The third-order valence-electron chi connectivity index (χ3n) is 2.90. The van der Waals surface area contributed by atoms with Crippen molar-refractivity contribution in [1.29, 1.82) is 0 Å². The van der Waals surface area contributed by atoms with Crippen molar-refractivity contribution in [1.82, 2.24) is 5.32 Å². The van der Waals surface area contributed by atoms with Crippen LogP contribution in [-0.2, 0) is 6.42 Å². The quantitative estimate of drug-likeness (QED) is 0.809. The van der Waals surface area contributed by atoms with E-state index < -0.39 is 0 Å². The Balaban J connectivity index is 2.29. The molecular weight excluding hydrogens is 290 g/mol. The predicted octanol–water partition coefficient (Wildman–Crippen LogP) is 3.38. The second-order valence-corrected chi connectivity index (χ2v) is 6.34. The first kappa shape index (κ1) is 15.7. The number of rotatable bonds is 7. The summed E-state index contributed by atoms with van der Waals surface area (Å²) in [6.45, 7) is 7.10. The molecular formula is C15H24BrNO. The lowest BCUT2D eigenvalue weighted by Gasteiger charge is -2.18. The highest BCUT2D eigenvalue weighted by Crippen LogP contribution is 2.12. The average Bonchev–Trinajstić information content (AvgIpc) is 2.29. The lowest BCUT2D eigenvalue weighted by Crippen LogP contribution is -2.35. The van der Waals surface area contributed by atoms with Crippen LogP contribution < -0.4 is 5.32 Å². The summed E-state index contributed by atoms with van der Waals surface area (Å²) in [6, 6.07) is 8.78. The third kappa shape index (κ3) is 6.53. The van der Waals surface area contributed by atoms with Gasteiger partial charge in [-0.2, -0.15) is 0 Å². The number of benzene rings is 1. The normalized spacial score (nSPS) is 14.8. The highest BCUT2D eigenvalue weighted by molar-refractivity contribution is 9.10. The van der Waals surface area contributed by atoms with Crippen LogP contribution in [0.15, 0.2) is 28.7 Å². The zero-order chi connectivity index (χ0) is 13.5. The Morgan fingerprint density at radius 3 is 2.33 bits per heavy atom. The van der Waals surface area contributed by atoms with Gasteiger partial charge < -0.3 is 10.4 Å². The number of halogens is 1. The third-order valence-corrected chi connectivity index (χ3v) is 3.43. The summed E-state index contributed by atoms with van der Waals surface area (Å²) < 4.78 is 1.11. The summed E-state index contributed by atoms with van der Waals surface area (Å²) in [5, 5.41) is 13.2. The van der Waals surface area contributed by atoms with Crippen molar-refractivity contribution in [2.75, 3.05) is 6.54 Å². The van der Waals surface area contributed by atoms with Crippen LogP contribution >= 0.6 is 15.9 Å². The standard InChI is InChI=1S/C15H24BrNO/c1-11(2)8-15(18)10-17-12(3)9-13-4-6-14(16)7-5-13/h4-7,11-12,15,17-18H,8-10H2,1-3H3. The molecule has 2 nitrogen and oxygen atoms in total. The van der Waals surface area contributed by atoms with E-state index in [4.69, 9.17) is 0 Å². The van der Waals surface area contributed by atoms with Crippen LogP contribution in [-0.4, -0.2) is 23.8 Å². The van der Waals surface area contributed by atoms with Crippen molar-refractivity contribution in [3.63, 3.8) is 0 Å². The number of hydrogen-bond donors (Lipinski definition) is 2. The molecule has 0 saturated carbocycles. The molecule has 1 aromatic carbocycles. The highest BCUT2D eigenvalue weighted by atomic mass is 79.9. The smallest absolute Gasteiger partial charge is 0.0667 e. The molecule has 0 aliphatic carbocycles. The zero-order valence-corrected chi connectivity index (χ0v) is 13.1. The van der Waals surface area contributed by atoms with Gasteiger partial charge in [-0.05, 0) is 43.4 Å². The molecule has 0 heterocycles. The maximum Gasteiger partial charge on any atom is 0.0667 e. The van der Waals surface area contributed by atoms with Crippen LogP contribution in [0, 0.1) is 5.92 Å². The van der Waals surface area contributed by atoms with Crippen LogP contribution in [0.3, 0.4) is 0 Å². The Labute approximate surface area is 119 Å². The van der Waals surface area contributed by atoms with Gasteiger partial charge in [0, 0.05) is 17.1 Å². The lowest BCUT2D eigenvalue weighted by molar-refractivity contribution is 0.143. The fourth-order valence-electron chi connectivity index (χ4n) is 2.01. The first-order valence-electron chi connectivity index (χ1n) is 6.63. The molecule has 1 rings (SSSR count). The van der Waals surface area contributed by atoms with Gasteiger partial charge in [-0.1, -0.05) is 41.9 Å². The summed E-state index contributed by atoms with van der Waals surface area (Å²) in [4.78, 5) is 0. The van der Waals surface area contributed by atoms with Gasteiger partial charge >= 0.3 is 0 Å². The lowest BCUT2D eigenvalue weighted by atomic mass is 10.0. The fraction of sp³-hybridized carbons (Fsp3) is 0.600. The van der Waals surface area contributed by atoms with Crippen molar-refractivity contribution in [2.45, 2.75) is 45.8 Å². The van der Waals surface area contributed by atoms with E-state index in [-0.39, 0.29) is 6.10 Å². The molecule has 0 bridgehead atoms. The minimum Gasteiger partial charge on any atom is -0.392 e. The van der Waals surface area contributed by atoms with Gasteiger partial charge in [0.15, 0.2) is 0 Å². The van der Waals surface area contributed by atoms with Crippen molar-refractivity contribution in [3.05, 3.63) is 34.3 Å². The van der Waals surface area contributed by atoms with E-state index in [0.717, 1.165) is 17.3 Å². The molecule has 0 fully saturated rings. The van der Waals surface area contributed by atoms with Crippen molar-refractivity contribution < 1.29 is 5.11 Å². The van der Waals surface area contributed by atoms with Gasteiger partial charge in [-0.3, -0.25) is 0 Å². The molecule has 0 aliphatic rings. The minimum absolute atomic E-state index is 0.239. The van der Waals surface area contributed by atoms with E-state index in [9.17, 15) is 5.11 Å². The largest absolute Gasteiger partial charge is 0.392 e. The summed E-state index contributed by atoms with van der Waals surface area (Å²) in [5.41, 5.74) is 1.32. The summed E-state index contributed by atoms with van der Waals surface area (Å²) in [7, 11) is 0. The van der Waals surface area contributed by atoms with Crippen LogP contribution in [0.2, 0.25) is 0 Å². The number of hydrogen-bond acceptors (Lipinski definition) is 2. The molecule has 0 aromatic heterocycles. The number of aliphatic hydroxyl groups excluding tert-OH is 1. The Morgan fingerprint density at radius 1 is 1.17 bits per heavy atom. The SMILES string of the molecule is CC(C)CC(O)CNC(C)Cc1ccc(Br)cc1. The second-order valence-electron chi connectivity index (χ2n) is 5.42. The molecule has 0 aliphatic heterocycles. The topological polar surface area (TPSA) is 32.3 Å². The van der Waals surface area contributed by atoms with E-state index in [2.05, 4.69) is 66.3 Å². The molecule has 0 spiro atoms. The first-order chi connectivity index (χ1) is 8.47. The number of aliphatic hydroxyl groups is 1. The molecule has 102 valence electrons. The monoisotopic (exact) mass is 313 g/mol. The maximum atomic E-state index is 9.80. The Morgan fingerprint density at radius 2 is 1.78 bits per heavy atom. The Bertz CT molecular complexity index is 337. The molecule has 2 N–H and O–H groups in total. The second kappa shape index (κ2) is 7.93. The molecule has 0 radical (unpaired) electrons. The van der Waals surface area contributed by atoms with Crippen LogP contribution in [0.1, 0.15) is 32.8 Å². The molecule has 0 amide bonds. The van der Waals surface area contributed by atoms with E-state index in [1.807, 2.05) is 0 Å². The Hall–Kier alpha value is -0.380. The summed E-state index contributed by atoms with van der Waals surface area (Å²) >= 11 is 3.44. The average molecular weight is 314 g/mol. The van der Waals surface area contributed by atoms with Crippen molar-refractivity contribution in [2.24, 2.45) is 5.92 Å². The summed E-state index contributed by atoms with van der Waals surface area (Å²) in [6.07, 6.45) is 1.61. The van der Waals surface area contributed by atoms with Gasteiger partial charge in [0.05, 0.1) is 6.10 Å². The van der Waals surface area contributed by atoms with E-state index >= 15 is 0 Å². The fourth-order valence-corrected chi connectivity index (χ4v) is 2.28. The molecule has 3 heteroatoms. The van der Waals surface area contributed by atoms with Crippen LogP contribution in [0.4, 0.5) is 0 Å². The van der Waals surface area contributed by atoms with Gasteiger partial charge in [-0.25, -0.2) is 0 Å². The molecule has 18 heavy (non-hydrogen) atoms. The molecule has 1 aromatic rings. The predicted molar refractivity (Wildman–Crippen MR) is 80.8 cm³/mol. The molecule has 0 saturated heterocycles. The van der Waals surface area contributed by atoms with Crippen molar-refractivity contribution in [3.8, 4) is 0 Å². The van der Waals surface area contributed by atoms with Gasteiger partial charge in [0.1, 0.15) is 0 Å². The first-order valence-corrected chi connectivity index (χ1v) is 7.42. The Kier molecular flexibility index (Phi) is 6.90. The van der Waals surface area contributed by atoms with E-state index in [1.54, 1.807) is 0 Å². The zero-order valence-electron chi connectivity index (χ0n) is 11.5. The van der Waals surface area contributed by atoms with Crippen LogP contribution in [0.5, 0.6) is 0 Å². The maximum absolute atomic E-state index is 9.80. The highest BCUT2D eigenvalue weighted by Gasteiger charge is 2.09. The van der Waals surface area contributed by atoms with Gasteiger partial charge in [-0.15, -0.1) is 0 Å². The van der Waals surface area contributed by atoms with Crippen molar-refractivity contribution >= 4 is 15.9 Å². The minimum atomic E-state index is -0.239. The van der Waals surface area contributed by atoms with Gasteiger partial charge in [0.25, 0.3) is 0 Å². The van der Waals surface area contributed by atoms with E-state index in [0.29, 0.717) is 18.5 Å². The molecule has 2 atom stereocenters. The van der Waals surface area contributed by atoms with Gasteiger partial charge in [0.2, 0.25) is 0 Å². The molecule has 2 unspecified atom stereocenters. The van der Waals surface area contributed by atoms with E-state index in [1.165, 1.54) is 5.56 Å². The summed E-state index contributed by atoms with van der Waals surface area (Å²) in [5.74, 6) is 0.545. The number of nitrogens with one attached hydrogen (secondary N) is 1.